The summed E-state index contributed by atoms with van der Waals surface area (Å²) in [6, 6.07) is 0. The van der Waals surface area contributed by atoms with Gasteiger partial charge < -0.3 is 9.30 Å². The normalized spacial score (nSPS) is 25.9. The third-order valence-corrected chi connectivity index (χ3v) is 4.34. The first-order valence-corrected chi connectivity index (χ1v) is 6.98. The van der Waals surface area contributed by atoms with Gasteiger partial charge in [-0.2, -0.15) is 0 Å². The molecule has 3 nitrogen and oxygen atoms in total. The summed E-state index contributed by atoms with van der Waals surface area (Å²) in [5.41, 5.74) is 1.26. The molecule has 1 fully saturated rings. The maximum atomic E-state index is 6.31. The summed E-state index contributed by atoms with van der Waals surface area (Å²) in [4.78, 5) is 4.64. The van der Waals surface area contributed by atoms with E-state index in [2.05, 4.69) is 16.5 Å². The maximum absolute atomic E-state index is 6.31. The van der Waals surface area contributed by atoms with E-state index >= 15 is 0 Å². The second kappa shape index (κ2) is 4.62. The summed E-state index contributed by atoms with van der Waals surface area (Å²) in [6.07, 6.45) is 4.65. The maximum Gasteiger partial charge on any atom is 0.150 e. The third-order valence-electron chi connectivity index (χ3n) is 4.06. The summed E-state index contributed by atoms with van der Waals surface area (Å²) < 4.78 is 7.80. The van der Waals surface area contributed by atoms with Crippen LogP contribution in [-0.4, -0.2) is 22.8 Å². The molecule has 4 heteroatoms. The first-order chi connectivity index (χ1) is 8.27. The minimum absolute atomic E-state index is 0.542. The van der Waals surface area contributed by atoms with Crippen molar-refractivity contribution in [1.82, 2.24) is 9.55 Å². The zero-order valence-corrected chi connectivity index (χ0v) is 11.0. The van der Waals surface area contributed by atoms with Crippen molar-refractivity contribution in [2.75, 3.05) is 13.2 Å². The Labute approximate surface area is 107 Å². The molecule has 1 aromatic heterocycles. The highest BCUT2D eigenvalue weighted by Gasteiger charge is 2.28. The summed E-state index contributed by atoms with van der Waals surface area (Å²) in [6.45, 7) is 5.07. The molecule has 0 radical (unpaired) electrons. The molecule has 0 saturated carbocycles. The van der Waals surface area contributed by atoms with Crippen LogP contribution in [0.3, 0.4) is 0 Å². The van der Waals surface area contributed by atoms with E-state index in [1.165, 1.54) is 24.4 Å². The Kier molecular flexibility index (Phi) is 3.14. The zero-order valence-electron chi connectivity index (χ0n) is 10.3. The monoisotopic (exact) mass is 254 g/mol. The average molecular weight is 255 g/mol. The fourth-order valence-corrected chi connectivity index (χ4v) is 3.49. The minimum atomic E-state index is 0.542. The molecule has 2 aliphatic heterocycles. The van der Waals surface area contributed by atoms with Gasteiger partial charge in [-0.25, -0.2) is 4.98 Å². The Morgan fingerprint density at radius 3 is 2.82 bits per heavy atom. The van der Waals surface area contributed by atoms with E-state index in [1.54, 1.807) is 0 Å². The number of ether oxygens (including phenoxy) is 1. The van der Waals surface area contributed by atoms with Crippen LogP contribution in [0.1, 0.15) is 56.0 Å². The molecule has 17 heavy (non-hydrogen) atoms. The van der Waals surface area contributed by atoms with Crippen molar-refractivity contribution in [3.63, 3.8) is 0 Å². The van der Waals surface area contributed by atoms with E-state index in [0.717, 1.165) is 37.8 Å². The van der Waals surface area contributed by atoms with Crippen molar-refractivity contribution >= 4 is 11.6 Å². The van der Waals surface area contributed by atoms with E-state index in [0.29, 0.717) is 11.8 Å². The lowest BCUT2D eigenvalue weighted by Crippen LogP contribution is -2.21. The number of aromatic nitrogens is 2. The van der Waals surface area contributed by atoms with Gasteiger partial charge in [-0.15, -0.1) is 0 Å². The van der Waals surface area contributed by atoms with E-state index in [9.17, 15) is 0 Å². The lowest BCUT2D eigenvalue weighted by Gasteiger charge is -2.26. The van der Waals surface area contributed by atoms with Gasteiger partial charge >= 0.3 is 0 Å². The first-order valence-electron chi connectivity index (χ1n) is 6.61. The number of halogens is 1. The smallest absolute Gasteiger partial charge is 0.150 e. The Hall–Kier alpha value is -0.540. The van der Waals surface area contributed by atoms with E-state index in [-0.39, 0.29) is 0 Å². The topological polar surface area (TPSA) is 27.1 Å². The Bertz CT molecular complexity index is 410. The number of fused-ring (bicyclic) bond motifs is 1. The summed E-state index contributed by atoms with van der Waals surface area (Å²) in [5, 5.41) is 0.735. The van der Waals surface area contributed by atoms with Crippen LogP contribution in [0.25, 0.3) is 0 Å². The first kappa shape index (κ1) is 11.5. The molecule has 0 aromatic carbocycles. The van der Waals surface area contributed by atoms with E-state index < -0.39 is 0 Å². The Balaban J connectivity index is 1.97. The molecule has 0 aliphatic carbocycles. The van der Waals surface area contributed by atoms with Crippen molar-refractivity contribution in [2.45, 2.75) is 51.0 Å². The number of imidazole rings is 1. The molecule has 0 N–H and O–H groups in total. The van der Waals surface area contributed by atoms with Crippen LogP contribution in [-0.2, 0) is 11.3 Å². The van der Waals surface area contributed by atoms with Gasteiger partial charge in [0.1, 0.15) is 5.82 Å². The van der Waals surface area contributed by atoms with Crippen LogP contribution in [0, 0.1) is 0 Å². The molecule has 94 valence electrons. The van der Waals surface area contributed by atoms with E-state index in [1.807, 2.05) is 0 Å². The molecule has 1 saturated heterocycles. The van der Waals surface area contributed by atoms with Crippen LogP contribution < -0.4 is 0 Å². The highest BCUT2D eigenvalue weighted by atomic mass is 35.5. The van der Waals surface area contributed by atoms with Gasteiger partial charge in [-0.1, -0.05) is 18.5 Å². The molecule has 1 unspecified atom stereocenters. The third kappa shape index (κ3) is 2.00. The molecule has 3 rings (SSSR count). The molecule has 1 atom stereocenters. The number of hydrogen-bond donors (Lipinski definition) is 0. The van der Waals surface area contributed by atoms with E-state index in [4.69, 9.17) is 16.3 Å². The SMILES string of the molecule is CC1CCCn2c(C3CCOCC3)nc(Cl)c21. The summed E-state index contributed by atoms with van der Waals surface area (Å²) in [5.74, 6) is 2.30. The van der Waals surface area contributed by atoms with Crippen molar-refractivity contribution < 1.29 is 4.74 Å². The van der Waals surface area contributed by atoms with Crippen molar-refractivity contribution in [1.29, 1.82) is 0 Å². The van der Waals surface area contributed by atoms with Gasteiger partial charge in [-0.05, 0) is 31.6 Å². The average Bonchev–Trinajstić information content (AvgIpc) is 2.69. The highest BCUT2D eigenvalue weighted by Crippen LogP contribution is 2.37. The molecular formula is C13H19ClN2O. The molecular weight excluding hydrogens is 236 g/mol. The Morgan fingerprint density at radius 1 is 1.29 bits per heavy atom. The van der Waals surface area contributed by atoms with Gasteiger partial charge in [0, 0.05) is 25.7 Å². The Morgan fingerprint density at radius 2 is 2.06 bits per heavy atom. The number of nitrogens with zero attached hydrogens (tertiary/aromatic N) is 2. The van der Waals surface area contributed by atoms with Crippen LogP contribution >= 0.6 is 11.6 Å². The molecule has 1 aromatic rings. The van der Waals surface area contributed by atoms with Gasteiger partial charge in [-0.3, -0.25) is 0 Å². The fraction of sp³-hybridized carbons (Fsp3) is 0.769. The molecule has 3 heterocycles. The van der Waals surface area contributed by atoms with Crippen molar-refractivity contribution in [3.8, 4) is 0 Å². The quantitative estimate of drug-likeness (QED) is 0.769. The van der Waals surface area contributed by atoms with Crippen LogP contribution in [0.5, 0.6) is 0 Å². The zero-order chi connectivity index (χ0) is 11.8. The van der Waals surface area contributed by atoms with Crippen LogP contribution in [0.4, 0.5) is 0 Å². The molecule has 2 aliphatic rings. The van der Waals surface area contributed by atoms with Gasteiger partial charge in [0.05, 0.1) is 5.69 Å². The lowest BCUT2D eigenvalue weighted by molar-refractivity contribution is 0.0826. The molecule has 0 amide bonds. The molecule has 0 spiro atoms. The second-order valence-electron chi connectivity index (χ2n) is 5.23. The fourth-order valence-electron chi connectivity index (χ4n) is 3.12. The lowest BCUT2D eigenvalue weighted by atomic mass is 9.96. The highest BCUT2D eigenvalue weighted by molar-refractivity contribution is 6.30. The standard InChI is InChI=1S/C13H19ClN2O/c1-9-3-2-6-16-11(9)12(14)15-13(16)10-4-7-17-8-5-10/h9-10H,2-8H2,1H3. The van der Waals surface area contributed by atoms with Crippen LogP contribution in [0.2, 0.25) is 5.15 Å². The number of hydrogen-bond acceptors (Lipinski definition) is 2. The number of rotatable bonds is 1. The van der Waals surface area contributed by atoms with Gasteiger partial charge in [0.25, 0.3) is 0 Å². The van der Waals surface area contributed by atoms with Gasteiger partial charge in [0.15, 0.2) is 5.15 Å². The summed E-state index contributed by atoms with van der Waals surface area (Å²) >= 11 is 6.31. The molecule has 0 bridgehead atoms. The van der Waals surface area contributed by atoms with Crippen molar-refractivity contribution in [2.24, 2.45) is 0 Å². The predicted octanol–water partition coefficient (Wildman–Crippen LogP) is 3.33. The van der Waals surface area contributed by atoms with Crippen LogP contribution in [0.15, 0.2) is 0 Å². The van der Waals surface area contributed by atoms with Gasteiger partial charge in [0.2, 0.25) is 0 Å². The van der Waals surface area contributed by atoms with Crippen molar-refractivity contribution in [3.05, 3.63) is 16.7 Å². The predicted molar refractivity (Wildman–Crippen MR) is 67.7 cm³/mol. The second-order valence-corrected chi connectivity index (χ2v) is 5.59. The minimum Gasteiger partial charge on any atom is -0.381 e. The largest absolute Gasteiger partial charge is 0.381 e. The summed E-state index contributed by atoms with van der Waals surface area (Å²) in [7, 11) is 0.